The molecule has 4 aliphatic rings. The maximum Gasteiger partial charge on any atom is 0.414 e. The van der Waals surface area contributed by atoms with Gasteiger partial charge in [0.2, 0.25) is 10.0 Å². The normalized spacial score (nSPS) is 22.9. The van der Waals surface area contributed by atoms with Crippen LogP contribution in [-0.2, 0) is 14.8 Å². The molecule has 4 fully saturated rings. The molecule has 4 heterocycles. The van der Waals surface area contributed by atoms with Crippen molar-refractivity contribution in [3.8, 4) is 0 Å². The van der Waals surface area contributed by atoms with Crippen molar-refractivity contribution >= 4 is 39.2 Å². The van der Waals surface area contributed by atoms with Gasteiger partial charge in [-0.05, 0) is 61.4 Å². The van der Waals surface area contributed by atoms with Crippen LogP contribution in [0.4, 0.5) is 22.0 Å². The van der Waals surface area contributed by atoms with Crippen molar-refractivity contribution in [3.05, 3.63) is 47.2 Å². The fourth-order valence-corrected chi connectivity index (χ4v) is 7.30. The van der Waals surface area contributed by atoms with Gasteiger partial charge in [-0.3, -0.25) is 14.0 Å². The van der Waals surface area contributed by atoms with Crippen LogP contribution in [0.3, 0.4) is 0 Å². The average Bonchev–Trinajstić information content (AvgIpc) is 3.63. The average molecular weight is 556 g/mol. The molecule has 39 heavy (non-hydrogen) atoms. The fraction of sp³-hybridized carbons (Fsp3) is 0.519. The van der Waals surface area contributed by atoms with E-state index in [4.69, 9.17) is 9.72 Å². The Labute approximate surface area is 228 Å². The summed E-state index contributed by atoms with van der Waals surface area (Å²) in [4.78, 5) is 36.1. The molecule has 0 radical (unpaired) electrons. The van der Waals surface area contributed by atoms with E-state index in [0.29, 0.717) is 44.2 Å². The van der Waals surface area contributed by atoms with Crippen LogP contribution in [0.15, 0.2) is 30.5 Å². The Morgan fingerprint density at radius 2 is 1.90 bits per heavy atom. The van der Waals surface area contributed by atoms with Gasteiger partial charge >= 0.3 is 6.09 Å². The molecule has 2 aromatic rings. The third kappa shape index (κ3) is 4.80. The second-order valence-corrected chi connectivity index (χ2v) is 12.7. The minimum absolute atomic E-state index is 0.000438. The second kappa shape index (κ2) is 9.98. The number of hydrogen-bond donors (Lipinski definition) is 1. The molecule has 2 amide bonds. The Kier molecular flexibility index (Phi) is 6.62. The molecular formula is C27H33N5O6S. The highest BCUT2D eigenvalue weighted by atomic mass is 32.2. The summed E-state index contributed by atoms with van der Waals surface area (Å²) in [5, 5.41) is 9.70. The number of carbonyl (C=O) groups is 2. The number of nitrogens with zero attached hydrogens (tertiary/aromatic N) is 5. The largest absolute Gasteiger partial charge is 0.447 e. The highest BCUT2D eigenvalue weighted by Gasteiger charge is 2.37. The van der Waals surface area contributed by atoms with E-state index < -0.39 is 22.2 Å². The number of anilines is 3. The van der Waals surface area contributed by atoms with Crippen LogP contribution < -0.4 is 14.1 Å². The van der Waals surface area contributed by atoms with Crippen LogP contribution in [-0.4, -0.2) is 93.1 Å². The Hall–Kier alpha value is -3.38. The zero-order chi connectivity index (χ0) is 27.3. The van der Waals surface area contributed by atoms with E-state index in [1.54, 1.807) is 23.1 Å². The Balaban J connectivity index is 1.24. The van der Waals surface area contributed by atoms with E-state index in [0.717, 1.165) is 11.4 Å². The Morgan fingerprint density at radius 1 is 1.13 bits per heavy atom. The summed E-state index contributed by atoms with van der Waals surface area (Å²) >= 11 is 0. The van der Waals surface area contributed by atoms with Crippen molar-refractivity contribution in [2.24, 2.45) is 0 Å². The molecule has 0 spiro atoms. The molecule has 6 rings (SSSR count). The first-order valence-corrected chi connectivity index (χ1v) is 15.1. The summed E-state index contributed by atoms with van der Waals surface area (Å²) in [6.07, 6.45) is 4.27. The summed E-state index contributed by atoms with van der Waals surface area (Å²) in [5.41, 5.74) is 3.34. The summed E-state index contributed by atoms with van der Waals surface area (Å²) in [7, 11) is -3.59. The van der Waals surface area contributed by atoms with Gasteiger partial charge in [0.1, 0.15) is 12.4 Å². The molecule has 12 heteroatoms. The van der Waals surface area contributed by atoms with Gasteiger partial charge in [-0.25, -0.2) is 18.2 Å². The number of aliphatic hydroxyl groups is 1. The number of aryl methyl sites for hydroxylation is 1. The number of rotatable bonds is 6. The molecular weight excluding hydrogens is 522 g/mol. The summed E-state index contributed by atoms with van der Waals surface area (Å²) < 4.78 is 32.1. The maximum absolute atomic E-state index is 13.8. The van der Waals surface area contributed by atoms with Crippen molar-refractivity contribution in [1.82, 2.24) is 9.88 Å². The lowest BCUT2D eigenvalue weighted by Crippen LogP contribution is -2.49. The smallest absolute Gasteiger partial charge is 0.414 e. The minimum atomic E-state index is -3.59. The van der Waals surface area contributed by atoms with Crippen LogP contribution in [0.25, 0.3) is 0 Å². The lowest BCUT2D eigenvalue weighted by atomic mass is 10.1. The molecule has 1 aromatic heterocycles. The highest BCUT2D eigenvalue weighted by molar-refractivity contribution is 7.93. The summed E-state index contributed by atoms with van der Waals surface area (Å²) in [6, 6.07) is 6.38. The fourth-order valence-electron chi connectivity index (χ4n) is 5.73. The number of benzene rings is 1. The first kappa shape index (κ1) is 25.9. The van der Waals surface area contributed by atoms with Crippen LogP contribution >= 0.6 is 0 Å². The van der Waals surface area contributed by atoms with Crippen LogP contribution in [0, 0.1) is 6.92 Å². The monoisotopic (exact) mass is 555 g/mol. The number of aliphatic hydroxyl groups excluding tert-OH is 1. The second-order valence-electron chi connectivity index (χ2n) is 10.7. The van der Waals surface area contributed by atoms with Gasteiger partial charge in [-0.1, -0.05) is 6.07 Å². The van der Waals surface area contributed by atoms with Gasteiger partial charge in [0, 0.05) is 44.6 Å². The van der Waals surface area contributed by atoms with Crippen molar-refractivity contribution in [2.45, 2.75) is 38.1 Å². The number of piperazine rings is 1. The van der Waals surface area contributed by atoms with Gasteiger partial charge < -0.3 is 19.6 Å². The zero-order valence-electron chi connectivity index (χ0n) is 22.0. The molecule has 208 valence electrons. The minimum Gasteiger partial charge on any atom is -0.447 e. The number of sulfonamides is 1. The zero-order valence-corrected chi connectivity index (χ0v) is 22.8. The number of aromatic nitrogens is 1. The summed E-state index contributed by atoms with van der Waals surface area (Å²) in [5.74, 6) is 1.33. The van der Waals surface area contributed by atoms with Gasteiger partial charge in [0.25, 0.3) is 5.91 Å². The standard InChI is InChI=1S/C27H33N5O6S/c1-18-13-20(19-3-4-19)15-28-25(18)29-8-10-30(11-9-29)26(34)23-6-5-21(32-22(16-33)17-38-27(32)35)14-24(23)31-7-2-12-39(31,36)37/h5-6,13-15,19,22,33H,2-4,7-12,16-17H2,1H3/t22-/m1/s1. The highest BCUT2D eigenvalue weighted by Crippen LogP contribution is 2.41. The van der Waals surface area contributed by atoms with Gasteiger partial charge in [0.05, 0.1) is 29.7 Å². The van der Waals surface area contributed by atoms with Crippen molar-refractivity contribution in [1.29, 1.82) is 0 Å². The lowest BCUT2D eigenvalue weighted by Gasteiger charge is -2.36. The third-order valence-electron chi connectivity index (χ3n) is 8.02. The molecule has 0 unspecified atom stereocenters. The van der Waals surface area contributed by atoms with E-state index in [2.05, 4.69) is 17.9 Å². The SMILES string of the molecule is Cc1cc(C2CC2)cnc1N1CCN(C(=O)c2ccc(N3C(=O)OC[C@H]3CO)cc2N2CCCS2(=O)=O)CC1. The van der Waals surface area contributed by atoms with Gasteiger partial charge in [-0.2, -0.15) is 0 Å². The topological polar surface area (TPSA) is 124 Å². The van der Waals surface area contributed by atoms with Crippen LogP contribution in [0.2, 0.25) is 0 Å². The van der Waals surface area contributed by atoms with E-state index >= 15 is 0 Å². The molecule has 1 aromatic carbocycles. The predicted octanol–water partition coefficient (Wildman–Crippen LogP) is 2.09. The number of ether oxygens (including phenoxy) is 1. The predicted molar refractivity (Wildman–Crippen MR) is 146 cm³/mol. The van der Waals surface area contributed by atoms with E-state index in [1.807, 2.05) is 6.20 Å². The quantitative estimate of drug-likeness (QED) is 0.575. The van der Waals surface area contributed by atoms with Crippen molar-refractivity contribution in [3.63, 3.8) is 0 Å². The molecule has 3 aliphatic heterocycles. The number of hydrogen-bond acceptors (Lipinski definition) is 8. The van der Waals surface area contributed by atoms with Crippen LogP contribution in [0.1, 0.15) is 46.7 Å². The molecule has 1 N–H and O–H groups in total. The number of amides is 2. The van der Waals surface area contributed by atoms with E-state index in [-0.39, 0.29) is 42.7 Å². The van der Waals surface area contributed by atoms with Crippen LogP contribution in [0.5, 0.6) is 0 Å². The van der Waals surface area contributed by atoms with E-state index in [1.165, 1.54) is 27.6 Å². The van der Waals surface area contributed by atoms with Crippen molar-refractivity contribution in [2.75, 3.05) is 65.8 Å². The number of cyclic esters (lactones) is 1. The molecule has 1 atom stereocenters. The van der Waals surface area contributed by atoms with E-state index in [9.17, 15) is 23.1 Å². The van der Waals surface area contributed by atoms with Gasteiger partial charge in [-0.15, -0.1) is 0 Å². The Morgan fingerprint density at radius 3 is 2.54 bits per heavy atom. The summed E-state index contributed by atoms with van der Waals surface area (Å²) in [6.45, 7) is 4.27. The molecule has 1 aliphatic carbocycles. The molecule has 11 nitrogen and oxygen atoms in total. The third-order valence-corrected chi connectivity index (χ3v) is 9.87. The number of carbonyl (C=O) groups excluding carboxylic acids is 2. The first-order valence-electron chi connectivity index (χ1n) is 13.5. The first-order chi connectivity index (χ1) is 18.8. The molecule has 1 saturated carbocycles. The van der Waals surface area contributed by atoms with Gasteiger partial charge in [0.15, 0.2) is 0 Å². The Bertz CT molecular complexity index is 1400. The maximum atomic E-state index is 13.8. The number of pyridine rings is 1. The molecule has 3 saturated heterocycles. The lowest BCUT2D eigenvalue weighted by molar-refractivity contribution is 0.0747. The van der Waals surface area contributed by atoms with Crippen molar-refractivity contribution < 1.29 is 27.9 Å². The molecule has 0 bridgehead atoms.